The molecule has 0 fully saturated rings. The number of carbonyl (C=O) groups excluding carboxylic acids is 1. The van der Waals surface area contributed by atoms with Gasteiger partial charge in [-0.15, -0.1) is 0 Å². The van der Waals surface area contributed by atoms with Crippen LogP contribution < -0.4 is 5.32 Å². The van der Waals surface area contributed by atoms with Gasteiger partial charge in [0.15, 0.2) is 0 Å². The van der Waals surface area contributed by atoms with Crippen LogP contribution in [0.4, 0.5) is 0 Å². The lowest BCUT2D eigenvalue weighted by Crippen LogP contribution is -2.30. The van der Waals surface area contributed by atoms with Crippen LogP contribution >= 0.6 is 0 Å². The largest absolute Gasteiger partial charge is 0.468 e. The van der Waals surface area contributed by atoms with E-state index in [1.807, 2.05) is 42.5 Å². The quantitative estimate of drug-likeness (QED) is 0.837. The number of carbonyl (C=O) groups is 1. The van der Waals surface area contributed by atoms with Crippen LogP contribution in [0, 0.1) is 0 Å². The molecule has 0 aromatic heterocycles. The Morgan fingerprint density at radius 2 is 1.95 bits per heavy atom. The lowest BCUT2D eigenvalue weighted by molar-refractivity contribution is -0.143. The van der Waals surface area contributed by atoms with E-state index in [2.05, 4.69) is 12.2 Å². The Bertz CT molecular complexity index is 560. The highest BCUT2D eigenvalue weighted by Crippen LogP contribution is 2.25. The van der Waals surface area contributed by atoms with Gasteiger partial charge in [-0.3, -0.25) is 0 Å². The maximum absolute atomic E-state index is 12.0. The molecule has 0 radical (unpaired) electrons. The predicted octanol–water partition coefficient (Wildman–Crippen LogP) is 3.05. The van der Waals surface area contributed by atoms with Gasteiger partial charge in [-0.05, 0) is 29.3 Å². The van der Waals surface area contributed by atoms with E-state index in [1.54, 1.807) is 0 Å². The summed E-state index contributed by atoms with van der Waals surface area (Å²) >= 11 is 0. The van der Waals surface area contributed by atoms with Gasteiger partial charge in [-0.25, -0.2) is 4.79 Å². The first-order valence-corrected chi connectivity index (χ1v) is 6.56. The molecule has 100 valence electrons. The number of methoxy groups -OCH3 is 1. The summed E-state index contributed by atoms with van der Waals surface area (Å²) in [7, 11) is 1.42. The number of hydrogen-bond donors (Lipinski definition) is 1. The molecule has 0 bridgehead atoms. The van der Waals surface area contributed by atoms with Gasteiger partial charge in [-0.1, -0.05) is 49.4 Å². The van der Waals surface area contributed by atoms with E-state index < -0.39 is 6.04 Å². The zero-order valence-electron chi connectivity index (χ0n) is 11.3. The van der Waals surface area contributed by atoms with E-state index in [4.69, 9.17) is 4.74 Å². The highest BCUT2D eigenvalue weighted by Gasteiger charge is 2.22. The standard InChI is InChI=1S/C16H19NO2/c1-3-11-17-15(16(18)19-2)14-10-6-8-12-7-4-5-9-13(12)14/h4-10,15,17H,3,11H2,1-2H3. The monoisotopic (exact) mass is 257 g/mol. The maximum atomic E-state index is 12.0. The van der Waals surface area contributed by atoms with Crippen molar-refractivity contribution in [3.8, 4) is 0 Å². The minimum Gasteiger partial charge on any atom is -0.468 e. The van der Waals surface area contributed by atoms with Crippen LogP contribution in [0.25, 0.3) is 10.8 Å². The molecule has 0 spiro atoms. The Balaban J connectivity index is 2.46. The van der Waals surface area contributed by atoms with Gasteiger partial charge in [0.1, 0.15) is 6.04 Å². The van der Waals surface area contributed by atoms with Crippen molar-refractivity contribution in [3.63, 3.8) is 0 Å². The molecule has 1 N–H and O–H groups in total. The Kier molecular flexibility index (Phi) is 4.53. The fourth-order valence-electron chi connectivity index (χ4n) is 2.23. The summed E-state index contributed by atoms with van der Waals surface area (Å²) in [6.45, 7) is 2.85. The van der Waals surface area contributed by atoms with Gasteiger partial charge < -0.3 is 10.1 Å². The fourth-order valence-corrected chi connectivity index (χ4v) is 2.23. The zero-order valence-corrected chi connectivity index (χ0v) is 11.3. The number of benzene rings is 2. The van der Waals surface area contributed by atoms with Crippen LogP contribution in [0.2, 0.25) is 0 Å². The molecule has 2 aromatic carbocycles. The molecule has 0 heterocycles. The van der Waals surface area contributed by atoms with Gasteiger partial charge in [0.05, 0.1) is 7.11 Å². The van der Waals surface area contributed by atoms with Crippen LogP contribution in [0.15, 0.2) is 42.5 Å². The van der Waals surface area contributed by atoms with E-state index in [1.165, 1.54) is 7.11 Å². The summed E-state index contributed by atoms with van der Waals surface area (Å²) in [4.78, 5) is 12.0. The van der Waals surface area contributed by atoms with E-state index in [0.717, 1.165) is 29.3 Å². The molecule has 3 nitrogen and oxygen atoms in total. The summed E-state index contributed by atoms with van der Waals surface area (Å²) in [6.07, 6.45) is 0.970. The number of hydrogen-bond acceptors (Lipinski definition) is 3. The van der Waals surface area contributed by atoms with Crippen LogP contribution in [-0.4, -0.2) is 19.6 Å². The first kappa shape index (κ1) is 13.6. The van der Waals surface area contributed by atoms with Gasteiger partial charge in [0.2, 0.25) is 0 Å². The van der Waals surface area contributed by atoms with E-state index in [0.29, 0.717) is 0 Å². The molecule has 0 aliphatic carbocycles. The van der Waals surface area contributed by atoms with E-state index >= 15 is 0 Å². The molecule has 1 unspecified atom stereocenters. The summed E-state index contributed by atoms with van der Waals surface area (Å²) in [6, 6.07) is 13.7. The molecule has 2 rings (SSSR count). The van der Waals surface area contributed by atoms with Crippen LogP contribution in [0.3, 0.4) is 0 Å². The van der Waals surface area contributed by atoms with Crippen molar-refractivity contribution in [2.75, 3.05) is 13.7 Å². The lowest BCUT2D eigenvalue weighted by atomic mass is 9.98. The highest BCUT2D eigenvalue weighted by atomic mass is 16.5. The second-order valence-corrected chi connectivity index (χ2v) is 4.48. The Hall–Kier alpha value is -1.87. The number of ether oxygens (including phenoxy) is 1. The number of esters is 1. The van der Waals surface area contributed by atoms with Crippen LogP contribution in [-0.2, 0) is 9.53 Å². The molecule has 3 heteroatoms. The SMILES string of the molecule is CCCNC(C(=O)OC)c1cccc2ccccc12. The summed E-state index contributed by atoms with van der Waals surface area (Å²) in [5, 5.41) is 5.47. The summed E-state index contributed by atoms with van der Waals surface area (Å²) < 4.78 is 4.91. The van der Waals surface area contributed by atoms with Crippen molar-refractivity contribution < 1.29 is 9.53 Å². The molecular formula is C16H19NO2. The number of fused-ring (bicyclic) bond motifs is 1. The maximum Gasteiger partial charge on any atom is 0.327 e. The average Bonchev–Trinajstić information content (AvgIpc) is 2.47. The lowest BCUT2D eigenvalue weighted by Gasteiger charge is -2.18. The molecule has 0 amide bonds. The summed E-state index contributed by atoms with van der Waals surface area (Å²) in [5.74, 6) is -0.246. The van der Waals surface area contributed by atoms with Crippen molar-refractivity contribution >= 4 is 16.7 Å². The molecule has 1 atom stereocenters. The second kappa shape index (κ2) is 6.34. The smallest absolute Gasteiger partial charge is 0.327 e. The number of nitrogens with one attached hydrogen (secondary N) is 1. The molecule has 0 aliphatic heterocycles. The molecule has 2 aromatic rings. The third kappa shape index (κ3) is 2.93. The predicted molar refractivity (Wildman–Crippen MR) is 77.0 cm³/mol. The highest BCUT2D eigenvalue weighted by molar-refractivity contribution is 5.90. The minimum absolute atomic E-state index is 0.246. The Morgan fingerprint density at radius 3 is 2.68 bits per heavy atom. The first-order valence-electron chi connectivity index (χ1n) is 6.56. The molecular weight excluding hydrogens is 238 g/mol. The molecule has 0 saturated carbocycles. The Morgan fingerprint density at radius 1 is 1.21 bits per heavy atom. The van der Waals surface area contributed by atoms with E-state index in [9.17, 15) is 4.79 Å². The van der Waals surface area contributed by atoms with Crippen molar-refractivity contribution in [2.45, 2.75) is 19.4 Å². The van der Waals surface area contributed by atoms with Gasteiger partial charge in [0.25, 0.3) is 0 Å². The average molecular weight is 257 g/mol. The van der Waals surface area contributed by atoms with Gasteiger partial charge >= 0.3 is 5.97 Å². The first-order chi connectivity index (χ1) is 9.27. The fraction of sp³-hybridized carbons (Fsp3) is 0.312. The summed E-state index contributed by atoms with van der Waals surface area (Å²) in [5.41, 5.74) is 0.971. The topological polar surface area (TPSA) is 38.3 Å². The van der Waals surface area contributed by atoms with Crippen molar-refractivity contribution in [3.05, 3.63) is 48.0 Å². The second-order valence-electron chi connectivity index (χ2n) is 4.48. The van der Waals surface area contributed by atoms with Crippen molar-refractivity contribution in [1.82, 2.24) is 5.32 Å². The third-order valence-electron chi connectivity index (χ3n) is 3.17. The zero-order chi connectivity index (χ0) is 13.7. The normalized spacial score (nSPS) is 12.3. The number of rotatable bonds is 5. The molecule has 0 saturated heterocycles. The third-order valence-corrected chi connectivity index (χ3v) is 3.17. The van der Waals surface area contributed by atoms with Gasteiger partial charge in [0, 0.05) is 0 Å². The Labute approximate surface area is 113 Å². The molecule has 0 aliphatic rings. The van der Waals surface area contributed by atoms with Crippen LogP contribution in [0.1, 0.15) is 24.9 Å². The van der Waals surface area contributed by atoms with Crippen molar-refractivity contribution in [1.29, 1.82) is 0 Å². The van der Waals surface area contributed by atoms with Crippen LogP contribution in [0.5, 0.6) is 0 Å². The van der Waals surface area contributed by atoms with Gasteiger partial charge in [-0.2, -0.15) is 0 Å². The van der Waals surface area contributed by atoms with Crippen molar-refractivity contribution in [2.24, 2.45) is 0 Å². The minimum atomic E-state index is -0.406. The molecule has 19 heavy (non-hydrogen) atoms. The van der Waals surface area contributed by atoms with E-state index in [-0.39, 0.29) is 5.97 Å².